The van der Waals surface area contributed by atoms with Crippen molar-refractivity contribution in [2.24, 2.45) is 10.1 Å². The Bertz CT molecular complexity index is 887. The van der Waals surface area contributed by atoms with Gasteiger partial charge in [0.2, 0.25) is 17.0 Å². The Kier molecular flexibility index (Phi) is 6.60. The lowest BCUT2D eigenvalue weighted by atomic mass is 10.3. The van der Waals surface area contributed by atoms with Crippen LogP contribution < -0.4 is 10.1 Å². The van der Waals surface area contributed by atoms with E-state index in [1.54, 1.807) is 53.5 Å². The summed E-state index contributed by atoms with van der Waals surface area (Å²) in [7, 11) is 1.81. The molecular formula is C18H16Cl2N4O2S. The molecule has 6 nitrogen and oxygen atoms in total. The van der Waals surface area contributed by atoms with E-state index >= 15 is 0 Å². The minimum Gasteiger partial charge on any atom is -0.441 e. The molecule has 3 rings (SSSR count). The van der Waals surface area contributed by atoms with Gasteiger partial charge in [-0.3, -0.25) is 9.80 Å². The molecule has 1 heterocycles. The zero-order valence-corrected chi connectivity index (χ0v) is 16.7. The van der Waals surface area contributed by atoms with E-state index in [9.17, 15) is 4.79 Å². The number of likely N-dealkylation sites (N-methyl/N-ethyl adjacent to an activating group) is 1. The maximum Gasteiger partial charge on any atom is 0.234 e. The van der Waals surface area contributed by atoms with Gasteiger partial charge in [0.05, 0.1) is 5.75 Å². The van der Waals surface area contributed by atoms with Crippen LogP contribution in [0.25, 0.3) is 0 Å². The second-order valence-electron chi connectivity index (χ2n) is 5.61. The minimum absolute atomic E-state index is 0.164. The van der Waals surface area contributed by atoms with Gasteiger partial charge >= 0.3 is 0 Å². The molecule has 0 fully saturated rings. The van der Waals surface area contributed by atoms with Crippen molar-refractivity contribution in [1.82, 2.24) is 5.01 Å². The van der Waals surface area contributed by atoms with E-state index in [4.69, 9.17) is 27.9 Å². The molecule has 27 heavy (non-hydrogen) atoms. The van der Waals surface area contributed by atoms with E-state index in [-0.39, 0.29) is 11.7 Å². The molecule has 0 bridgehead atoms. The number of hydrazone groups is 1. The van der Waals surface area contributed by atoms with Crippen molar-refractivity contribution >= 4 is 57.6 Å². The van der Waals surface area contributed by atoms with Crippen molar-refractivity contribution in [2.45, 2.75) is 0 Å². The molecule has 1 amide bonds. The molecule has 0 aliphatic carbocycles. The first-order valence-electron chi connectivity index (χ1n) is 7.97. The van der Waals surface area contributed by atoms with Gasteiger partial charge in [0.1, 0.15) is 12.3 Å². The number of amides is 1. The molecular weight excluding hydrogens is 407 g/mol. The summed E-state index contributed by atoms with van der Waals surface area (Å²) in [5.41, 5.74) is 0.645. The van der Waals surface area contributed by atoms with Crippen LogP contribution in [0.1, 0.15) is 0 Å². The van der Waals surface area contributed by atoms with Crippen LogP contribution in [-0.2, 0) is 4.79 Å². The van der Waals surface area contributed by atoms with Gasteiger partial charge in [-0.2, -0.15) is 4.99 Å². The Morgan fingerprint density at radius 1 is 1.22 bits per heavy atom. The number of carbonyl (C=O) groups is 1. The number of hydrogen-bond donors (Lipinski definition) is 1. The van der Waals surface area contributed by atoms with Gasteiger partial charge in [0.15, 0.2) is 0 Å². The number of ether oxygens (including phenoxy) is 1. The third-order valence-corrected chi connectivity index (χ3v) is 4.66. The van der Waals surface area contributed by atoms with Crippen LogP contribution in [-0.4, -0.2) is 41.3 Å². The van der Waals surface area contributed by atoms with E-state index in [0.29, 0.717) is 39.1 Å². The van der Waals surface area contributed by atoms with Crippen LogP contribution >= 0.6 is 35.0 Å². The number of thioether (sulfide) groups is 1. The molecule has 0 aromatic heterocycles. The normalized spacial score (nSPS) is 13.7. The Labute approximate surface area is 171 Å². The van der Waals surface area contributed by atoms with Crippen molar-refractivity contribution in [3.8, 4) is 5.75 Å². The molecule has 1 aliphatic rings. The van der Waals surface area contributed by atoms with Crippen molar-refractivity contribution in [3.05, 3.63) is 58.6 Å². The quantitative estimate of drug-likeness (QED) is 0.794. The Morgan fingerprint density at radius 3 is 2.74 bits per heavy atom. The summed E-state index contributed by atoms with van der Waals surface area (Å²) in [4.78, 5) is 16.5. The number of carbonyl (C=O) groups excluding carboxylic acids is 1. The van der Waals surface area contributed by atoms with Gasteiger partial charge in [-0.25, -0.2) is 0 Å². The van der Waals surface area contributed by atoms with Crippen LogP contribution in [0.15, 0.2) is 58.6 Å². The third-order valence-electron chi connectivity index (χ3n) is 3.33. The average Bonchev–Trinajstić information content (AvgIpc) is 2.62. The SMILES string of the molecule is CN1CC(Oc2ccc(Cl)cc2)=NC(SCC(=O)Nc2cccc(Cl)c2)=N1. The molecule has 1 N–H and O–H groups in total. The molecule has 2 aromatic carbocycles. The first-order valence-corrected chi connectivity index (χ1v) is 9.71. The second kappa shape index (κ2) is 9.12. The van der Waals surface area contributed by atoms with Gasteiger partial charge in [0.25, 0.3) is 0 Å². The fourth-order valence-corrected chi connectivity index (χ4v) is 3.20. The smallest absolute Gasteiger partial charge is 0.234 e. The molecule has 0 atom stereocenters. The summed E-state index contributed by atoms with van der Waals surface area (Å²) in [6, 6.07) is 14.0. The summed E-state index contributed by atoms with van der Waals surface area (Å²) in [6.07, 6.45) is 0. The van der Waals surface area contributed by atoms with Gasteiger partial charge in [-0.1, -0.05) is 41.0 Å². The molecule has 2 aromatic rings. The number of halogens is 2. The lowest BCUT2D eigenvalue weighted by Crippen LogP contribution is -2.31. The zero-order valence-electron chi connectivity index (χ0n) is 14.4. The van der Waals surface area contributed by atoms with Crippen molar-refractivity contribution in [1.29, 1.82) is 0 Å². The lowest BCUT2D eigenvalue weighted by Gasteiger charge is -2.20. The Morgan fingerprint density at radius 2 is 2.00 bits per heavy atom. The first-order chi connectivity index (χ1) is 13.0. The Hall–Kier alpha value is -2.22. The van der Waals surface area contributed by atoms with E-state index < -0.39 is 0 Å². The number of hydrogen-bond acceptors (Lipinski definition) is 6. The van der Waals surface area contributed by atoms with Crippen LogP contribution in [0.4, 0.5) is 5.69 Å². The van der Waals surface area contributed by atoms with E-state index in [0.717, 1.165) is 0 Å². The maximum absolute atomic E-state index is 12.1. The Balaban J connectivity index is 1.57. The molecule has 0 unspecified atom stereocenters. The summed E-state index contributed by atoms with van der Waals surface area (Å²) in [5.74, 6) is 1.12. The van der Waals surface area contributed by atoms with E-state index in [1.165, 1.54) is 11.8 Å². The van der Waals surface area contributed by atoms with Gasteiger partial charge < -0.3 is 10.1 Å². The van der Waals surface area contributed by atoms with Gasteiger partial charge in [0, 0.05) is 22.8 Å². The highest BCUT2D eigenvalue weighted by molar-refractivity contribution is 8.14. The topological polar surface area (TPSA) is 66.3 Å². The monoisotopic (exact) mass is 422 g/mol. The molecule has 9 heteroatoms. The van der Waals surface area contributed by atoms with Crippen LogP contribution in [0.5, 0.6) is 5.75 Å². The largest absolute Gasteiger partial charge is 0.441 e. The minimum atomic E-state index is -0.173. The molecule has 140 valence electrons. The molecule has 0 saturated carbocycles. The molecule has 0 spiro atoms. The summed E-state index contributed by atoms with van der Waals surface area (Å²) >= 11 is 13.0. The van der Waals surface area contributed by atoms with E-state index in [1.807, 2.05) is 7.05 Å². The number of anilines is 1. The summed E-state index contributed by atoms with van der Waals surface area (Å²) < 4.78 is 5.77. The number of nitrogens with one attached hydrogen (secondary N) is 1. The summed E-state index contributed by atoms with van der Waals surface area (Å²) in [6.45, 7) is 0.432. The van der Waals surface area contributed by atoms with Gasteiger partial charge in [-0.15, -0.1) is 5.10 Å². The standard InChI is InChI=1S/C18H16Cl2N4O2S/c1-24-10-17(26-15-7-5-12(19)6-8-15)22-18(23-24)27-11-16(25)21-14-4-2-3-13(20)9-14/h2-9H,10-11H2,1H3,(H,21,25). The second-order valence-corrected chi connectivity index (χ2v) is 7.42. The highest BCUT2D eigenvalue weighted by Crippen LogP contribution is 2.19. The predicted molar refractivity (Wildman–Crippen MR) is 112 cm³/mol. The van der Waals surface area contributed by atoms with Crippen molar-refractivity contribution in [2.75, 3.05) is 24.7 Å². The van der Waals surface area contributed by atoms with Crippen molar-refractivity contribution < 1.29 is 9.53 Å². The number of benzene rings is 2. The average molecular weight is 423 g/mol. The van der Waals surface area contributed by atoms with Crippen LogP contribution in [0.3, 0.4) is 0 Å². The highest BCUT2D eigenvalue weighted by atomic mass is 35.5. The fourth-order valence-electron chi connectivity index (χ4n) is 2.19. The number of amidine groups is 1. The lowest BCUT2D eigenvalue weighted by molar-refractivity contribution is -0.113. The van der Waals surface area contributed by atoms with Crippen LogP contribution in [0, 0.1) is 0 Å². The van der Waals surface area contributed by atoms with Crippen molar-refractivity contribution in [3.63, 3.8) is 0 Å². The summed E-state index contributed by atoms with van der Waals surface area (Å²) in [5, 5.41) is 10.4. The number of aliphatic imine (C=N–C) groups is 1. The number of rotatable bonds is 4. The fraction of sp³-hybridized carbons (Fsp3) is 0.167. The number of nitrogens with zero attached hydrogens (tertiary/aromatic N) is 3. The molecule has 0 radical (unpaired) electrons. The predicted octanol–water partition coefficient (Wildman–Crippen LogP) is 4.36. The van der Waals surface area contributed by atoms with Gasteiger partial charge in [-0.05, 0) is 42.5 Å². The maximum atomic E-state index is 12.1. The van der Waals surface area contributed by atoms with Crippen LogP contribution in [0.2, 0.25) is 10.0 Å². The zero-order chi connectivity index (χ0) is 19.2. The molecule has 0 saturated heterocycles. The highest BCUT2D eigenvalue weighted by Gasteiger charge is 2.16. The molecule has 1 aliphatic heterocycles. The first kappa shape index (κ1) is 19.5. The van der Waals surface area contributed by atoms with E-state index in [2.05, 4.69) is 15.4 Å². The third kappa shape index (κ3) is 6.16.